The molecule has 0 heterocycles. The van der Waals surface area contributed by atoms with Gasteiger partial charge >= 0.3 is 0 Å². The summed E-state index contributed by atoms with van der Waals surface area (Å²) < 4.78 is 26.6. The molecule has 2 aromatic rings. The van der Waals surface area contributed by atoms with Gasteiger partial charge in [0.25, 0.3) is 5.91 Å². The van der Waals surface area contributed by atoms with E-state index in [0.717, 1.165) is 18.4 Å². The van der Waals surface area contributed by atoms with Crippen LogP contribution in [0.25, 0.3) is 0 Å². The molecule has 0 saturated heterocycles. The third-order valence-corrected chi connectivity index (χ3v) is 5.80. The molecule has 1 aliphatic rings. The lowest BCUT2D eigenvalue weighted by atomic mass is 10.2. The van der Waals surface area contributed by atoms with Gasteiger partial charge in [-0.15, -0.1) is 0 Å². The second-order valence-corrected chi connectivity index (χ2v) is 8.06. The molecule has 1 aliphatic carbocycles. The fourth-order valence-corrected chi connectivity index (χ4v) is 3.54. The van der Waals surface area contributed by atoms with E-state index in [-0.39, 0.29) is 16.8 Å². The summed E-state index contributed by atoms with van der Waals surface area (Å²) in [6.45, 7) is 0.299. The van der Waals surface area contributed by atoms with Crippen LogP contribution in [0.3, 0.4) is 0 Å². The summed E-state index contributed by atoms with van der Waals surface area (Å²) in [5, 5.41) is 2.88. The zero-order valence-electron chi connectivity index (χ0n) is 13.5. The quantitative estimate of drug-likeness (QED) is 0.875. The van der Waals surface area contributed by atoms with Crippen LogP contribution in [0, 0.1) is 0 Å². The Kier molecular flexibility index (Phi) is 4.69. The highest BCUT2D eigenvalue weighted by Gasteiger charge is 2.25. The average Bonchev–Trinajstić information content (AvgIpc) is 3.40. The Morgan fingerprint density at radius 2 is 1.71 bits per heavy atom. The van der Waals surface area contributed by atoms with E-state index in [1.807, 2.05) is 30.3 Å². The number of hydrogen-bond donors (Lipinski definition) is 1. The number of carbonyl (C=O) groups is 1. The van der Waals surface area contributed by atoms with E-state index in [1.165, 1.54) is 16.4 Å². The SMILES string of the molecule is CN(Cc1ccccc1)S(=O)(=O)c1ccc(C(=O)NC2CC2)cc1. The van der Waals surface area contributed by atoms with Crippen molar-refractivity contribution in [2.75, 3.05) is 7.05 Å². The van der Waals surface area contributed by atoms with Crippen molar-refractivity contribution in [1.82, 2.24) is 9.62 Å². The number of nitrogens with zero attached hydrogens (tertiary/aromatic N) is 1. The van der Waals surface area contributed by atoms with Crippen LogP contribution in [0.2, 0.25) is 0 Å². The van der Waals surface area contributed by atoms with Crippen LogP contribution in [0.15, 0.2) is 59.5 Å². The van der Waals surface area contributed by atoms with Gasteiger partial charge in [0.15, 0.2) is 0 Å². The summed E-state index contributed by atoms with van der Waals surface area (Å²) in [4.78, 5) is 12.1. The van der Waals surface area contributed by atoms with Gasteiger partial charge in [0, 0.05) is 25.2 Å². The van der Waals surface area contributed by atoms with E-state index >= 15 is 0 Å². The second kappa shape index (κ2) is 6.75. The number of nitrogens with one attached hydrogen (secondary N) is 1. The first-order valence-electron chi connectivity index (χ1n) is 7.88. The van der Waals surface area contributed by atoms with Crippen molar-refractivity contribution in [3.05, 3.63) is 65.7 Å². The Labute approximate surface area is 142 Å². The molecule has 3 rings (SSSR count). The molecule has 0 radical (unpaired) electrons. The van der Waals surface area contributed by atoms with Gasteiger partial charge in [-0.25, -0.2) is 8.42 Å². The summed E-state index contributed by atoms with van der Waals surface area (Å²) in [5.41, 5.74) is 1.40. The molecule has 0 atom stereocenters. The van der Waals surface area contributed by atoms with Crippen LogP contribution in [-0.2, 0) is 16.6 Å². The smallest absolute Gasteiger partial charge is 0.251 e. The number of benzene rings is 2. The van der Waals surface area contributed by atoms with Gasteiger partial charge in [-0.05, 0) is 42.7 Å². The predicted molar refractivity (Wildman–Crippen MR) is 92.0 cm³/mol. The highest BCUT2D eigenvalue weighted by molar-refractivity contribution is 7.89. The van der Waals surface area contributed by atoms with Crippen LogP contribution in [0.1, 0.15) is 28.8 Å². The van der Waals surface area contributed by atoms with Crippen molar-refractivity contribution in [3.63, 3.8) is 0 Å². The van der Waals surface area contributed by atoms with Gasteiger partial charge in [-0.3, -0.25) is 4.79 Å². The van der Waals surface area contributed by atoms with Crippen LogP contribution in [0.5, 0.6) is 0 Å². The Hall–Kier alpha value is -2.18. The standard InChI is InChI=1S/C18H20N2O3S/c1-20(13-14-5-3-2-4-6-14)24(22,23)17-11-7-15(8-12-17)18(21)19-16-9-10-16/h2-8,11-12,16H,9-10,13H2,1H3,(H,19,21). The van der Waals surface area contributed by atoms with E-state index in [1.54, 1.807) is 19.2 Å². The average molecular weight is 344 g/mol. The van der Waals surface area contributed by atoms with Crippen molar-refractivity contribution in [1.29, 1.82) is 0 Å². The van der Waals surface area contributed by atoms with E-state index < -0.39 is 10.0 Å². The Morgan fingerprint density at radius 3 is 2.29 bits per heavy atom. The molecule has 0 spiro atoms. The number of sulfonamides is 1. The molecule has 1 amide bonds. The van der Waals surface area contributed by atoms with Gasteiger partial charge in [0.2, 0.25) is 10.0 Å². The summed E-state index contributed by atoms with van der Waals surface area (Å²) >= 11 is 0. The maximum Gasteiger partial charge on any atom is 0.251 e. The van der Waals surface area contributed by atoms with E-state index in [4.69, 9.17) is 0 Å². The van der Waals surface area contributed by atoms with Crippen molar-refractivity contribution in [2.45, 2.75) is 30.3 Å². The van der Waals surface area contributed by atoms with Crippen molar-refractivity contribution in [2.24, 2.45) is 0 Å². The summed E-state index contributed by atoms with van der Waals surface area (Å²) in [5.74, 6) is -0.154. The molecule has 0 aliphatic heterocycles. The number of amides is 1. The van der Waals surface area contributed by atoms with Crippen molar-refractivity contribution < 1.29 is 13.2 Å². The Bertz CT molecular complexity index is 813. The molecule has 1 N–H and O–H groups in total. The van der Waals surface area contributed by atoms with Gasteiger partial charge in [0.05, 0.1) is 4.90 Å². The fraction of sp³-hybridized carbons (Fsp3) is 0.278. The zero-order valence-corrected chi connectivity index (χ0v) is 14.3. The first-order valence-corrected chi connectivity index (χ1v) is 9.32. The van der Waals surface area contributed by atoms with Gasteiger partial charge < -0.3 is 5.32 Å². The molecule has 6 heteroatoms. The topological polar surface area (TPSA) is 66.5 Å². The van der Waals surface area contributed by atoms with Crippen LogP contribution in [-0.4, -0.2) is 31.7 Å². The van der Waals surface area contributed by atoms with Crippen molar-refractivity contribution in [3.8, 4) is 0 Å². The minimum Gasteiger partial charge on any atom is -0.349 e. The molecule has 0 unspecified atom stereocenters. The molecule has 24 heavy (non-hydrogen) atoms. The maximum atomic E-state index is 12.6. The Morgan fingerprint density at radius 1 is 1.08 bits per heavy atom. The minimum absolute atomic E-state index is 0.154. The lowest BCUT2D eigenvalue weighted by Crippen LogP contribution is -2.27. The molecule has 1 saturated carbocycles. The zero-order chi connectivity index (χ0) is 17.2. The number of carbonyl (C=O) groups excluding carboxylic acids is 1. The first kappa shape index (κ1) is 16.7. The van der Waals surface area contributed by atoms with Crippen LogP contribution < -0.4 is 5.32 Å². The molecule has 1 fully saturated rings. The van der Waals surface area contributed by atoms with Gasteiger partial charge in [-0.1, -0.05) is 30.3 Å². The van der Waals surface area contributed by atoms with Crippen molar-refractivity contribution >= 4 is 15.9 Å². The predicted octanol–water partition coefficient (Wildman–Crippen LogP) is 2.40. The third-order valence-electron chi connectivity index (χ3n) is 3.99. The van der Waals surface area contributed by atoms with Crippen LogP contribution in [0.4, 0.5) is 0 Å². The molecule has 2 aromatic carbocycles. The number of hydrogen-bond acceptors (Lipinski definition) is 3. The normalized spacial score (nSPS) is 14.6. The molecule has 126 valence electrons. The molecular formula is C18H20N2O3S. The molecule has 0 bridgehead atoms. The summed E-state index contributed by atoms with van der Waals surface area (Å²) in [6.07, 6.45) is 2.03. The molecular weight excluding hydrogens is 324 g/mol. The highest BCUT2D eigenvalue weighted by Crippen LogP contribution is 2.20. The van der Waals surface area contributed by atoms with Crippen LogP contribution >= 0.6 is 0 Å². The Balaban J connectivity index is 1.72. The van der Waals surface area contributed by atoms with Gasteiger partial charge in [0.1, 0.15) is 0 Å². The van der Waals surface area contributed by atoms with E-state index in [9.17, 15) is 13.2 Å². The number of rotatable bonds is 6. The largest absolute Gasteiger partial charge is 0.349 e. The summed E-state index contributed by atoms with van der Waals surface area (Å²) in [6, 6.07) is 15.8. The summed E-state index contributed by atoms with van der Waals surface area (Å²) in [7, 11) is -2.04. The molecule has 5 nitrogen and oxygen atoms in total. The second-order valence-electron chi connectivity index (χ2n) is 6.02. The fourth-order valence-electron chi connectivity index (χ4n) is 2.38. The highest BCUT2D eigenvalue weighted by atomic mass is 32.2. The minimum atomic E-state index is -3.59. The lowest BCUT2D eigenvalue weighted by Gasteiger charge is -2.17. The van der Waals surface area contributed by atoms with E-state index in [2.05, 4.69) is 5.32 Å². The monoisotopic (exact) mass is 344 g/mol. The van der Waals surface area contributed by atoms with E-state index in [0.29, 0.717) is 12.1 Å². The third kappa shape index (κ3) is 3.83. The maximum absolute atomic E-state index is 12.6. The lowest BCUT2D eigenvalue weighted by molar-refractivity contribution is 0.0951. The van der Waals surface area contributed by atoms with Gasteiger partial charge in [-0.2, -0.15) is 4.31 Å². The molecule has 0 aromatic heterocycles. The first-order chi connectivity index (χ1) is 11.5.